The Morgan fingerprint density at radius 1 is 1.15 bits per heavy atom. The molecule has 0 unspecified atom stereocenters. The number of aromatic nitrogens is 3. The maximum Gasteiger partial charge on any atom is 0.412 e. The molecule has 2 aliphatic heterocycles. The summed E-state index contributed by atoms with van der Waals surface area (Å²) < 4.78 is 9.80. The number of anilines is 1. The molecule has 4 heterocycles. The van der Waals surface area contributed by atoms with Crippen molar-refractivity contribution in [2.75, 3.05) is 38.1 Å². The Kier molecular flexibility index (Phi) is 8.28. The number of piperazine rings is 1. The number of pyridine rings is 1. The van der Waals surface area contributed by atoms with E-state index in [-0.39, 0.29) is 5.69 Å². The molecule has 0 bridgehead atoms. The second-order valence-electron chi connectivity index (χ2n) is 7.03. The molecule has 2 aliphatic rings. The van der Waals surface area contributed by atoms with Gasteiger partial charge in [-0.3, -0.25) is 14.6 Å². The zero-order valence-corrected chi connectivity index (χ0v) is 18.9. The van der Waals surface area contributed by atoms with E-state index in [1.54, 1.807) is 30.0 Å². The van der Waals surface area contributed by atoms with Crippen LogP contribution < -0.4 is 4.90 Å². The van der Waals surface area contributed by atoms with Crippen LogP contribution in [0.2, 0.25) is 5.02 Å². The van der Waals surface area contributed by atoms with Gasteiger partial charge in [-0.15, -0.1) is 0 Å². The van der Waals surface area contributed by atoms with Gasteiger partial charge in [-0.2, -0.15) is 0 Å². The number of rotatable bonds is 4. The van der Waals surface area contributed by atoms with Gasteiger partial charge in [0.1, 0.15) is 11.5 Å². The quantitative estimate of drug-likeness (QED) is 0.485. The summed E-state index contributed by atoms with van der Waals surface area (Å²) >= 11 is 5.89. The van der Waals surface area contributed by atoms with Crippen LogP contribution in [0, 0.1) is 0 Å². The molecule has 1 atom stereocenters. The number of hydrogen-bond acceptors (Lipinski definition) is 9. The number of fused-ring (bicyclic) bond motifs is 1. The van der Waals surface area contributed by atoms with Gasteiger partial charge in [0.15, 0.2) is 5.69 Å². The molecular weight excluding hydrogens is 452 g/mol. The molecule has 0 radical (unpaired) electrons. The summed E-state index contributed by atoms with van der Waals surface area (Å²) in [7, 11) is 2.00. The fraction of sp³-hybridized carbons (Fsp3) is 0.333. The first-order valence-corrected chi connectivity index (χ1v) is 10.4. The Morgan fingerprint density at radius 2 is 1.88 bits per heavy atom. The number of halogens is 1. The molecular formula is C21H23ClN6O5. The molecule has 2 aromatic rings. The molecule has 0 spiro atoms. The smallest absolute Gasteiger partial charge is 0.412 e. The Labute approximate surface area is 195 Å². The molecule has 1 saturated heterocycles. The number of ether oxygens (including phenoxy) is 2. The fourth-order valence-electron chi connectivity index (χ4n) is 3.15. The predicted octanol–water partition coefficient (Wildman–Crippen LogP) is 2.26. The van der Waals surface area contributed by atoms with Crippen molar-refractivity contribution in [1.82, 2.24) is 24.8 Å². The topological polar surface area (TPSA) is 118 Å². The van der Waals surface area contributed by atoms with Crippen LogP contribution >= 0.6 is 11.6 Å². The van der Waals surface area contributed by atoms with E-state index >= 15 is 0 Å². The van der Waals surface area contributed by atoms with Crippen LogP contribution in [0.1, 0.15) is 29.3 Å². The SMILES string of the molecule is C/C=C\OC=O.CN1CCN(C(=O)O[C@H]2c3nccnc3C(=O)N2c2ccc(Cl)cn2)CC1. The lowest BCUT2D eigenvalue weighted by molar-refractivity contribution is -0.123. The van der Waals surface area contributed by atoms with Crippen molar-refractivity contribution in [3.63, 3.8) is 0 Å². The van der Waals surface area contributed by atoms with Gasteiger partial charge in [-0.1, -0.05) is 17.7 Å². The van der Waals surface area contributed by atoms with Crippen molar-refractivity contribution in [3.05, 3.63) is 59.5 Å². The number of hydrogen-bond donors (Lipinski definition) is 0. The van der Waals surface area contributed by atoms with Crippen LogP contribution in [-0.2, 0) is 14.3 Å². The second kappa shape index (κ2) is 11.3. The van der Waals surface area contributed by atoms with Crippen molar-refractivity contribution in [2.45, 2.75) is 13.2 Å². The van der Waals surface area contributed by atoms with Gasteiger partial charge in [0.05, 0.1) is 11.3 Å². The van der Waals surface area contributed by atoms with E-state index in [4.69, 9.17) is 16.3 Å². The molecule has 12 heteroatoms. The molecule has 1 fully saturated rings. The van der Waals surface area contributed by atoms with Crippen LogP contribution in [0.3, 0.4) is 0 Å². The third kappa shape index (κ3) is 5.82. The third-order valence-corrected chi connectivity index (χ3v) is 5.04. The van der Waals surface area contributed by atoms with Crippen LogP contribution in [0.4, 0.5) is 10.6 Å². The van der Waals surface area contributed by atoms with Gasteiger partial charge in [0.2, 0.25) is 6.23 Å². The lowest BCUT2D eigenvalue weighted by atomic mass is 10.3. The summed E-state index contributed by atoms with van der Waals surface area (Å²) in [5, 5.41) is 0.435. The Balaban J connectivity index is 0.000000454. The molecule has 11 nitrogen and oxygen atoms in total. The normalized spacial score (nSPS) is 17.9. The molecule has 0 aromatic carbocycles. The molecule has 2 aromatic heterocycles. The molecule has 0 saturated carbocycles. The third-order valence-electron chi connectivity index (χ3n) is 4.82. The van der Waals surface area contributed by atoms with Crippen molar-refractivity contribution < 1.29 is 23.9 Å². The predicted molar refractivity (Wildman–Crippen MR) is 118 cm³/mol. The standard InChI is InChI=1S/C17H17ClN6O3.C4H6O2/c1-22-6-8-23(9-7-22)17(26)27-16-14-13(19-4-5-20-14)15(25)24(16)12-3-2-11(18)10-21-12;1-2-3-6-4-5/h2-5,10,16H,6-9H2,1H3;2-4H,1H3/b;3-2-/t16-;/m0./s1. The van der Waals surface area contributed by atoms with E-state index in [1.807, 2.05) is 7.05 Å². The zero-order valence-electron chi connectivity index (χ0n) is 18.1. The van der Waals surface area contributed by atoms with Crippen LogP contribution in [0.25, 0.3) is 0 Å². The first kappa shape index (κ1) is 24.1. The van der Waals surface area contributed by atoms with E-state index in [1.165, 1.54) is 29.8 Å². The second-order valence-corrected chi connectivity index (χ2v) is 7.46. The first-order chi connectivity index (χ1) is 16.0. The van der Waals surface area contributed by atoms with E-state index in [2.05, 4.69) is 24.6 Å². The summed E-state index contributed by atoms with van der Waals surface area (Å²) in [4.78, 5) is 52.3. The highest BCUT2D eigenvalue weighted by Crippen LogP contribution is 2.35. The van der Waals surface area contributed by atoms with Crippen molar-refractivity contribution >= 4 is 35.9 Å². The Morgan fingerprint density at radius 3 is 2.48 bits per heavy atom. The van der Waals surface area contributed by atoms with E-state index in [0.29, 0.717) is 36.1 Å². The molecule has 0 N–H and O–H groups in total. The highest BCUT2D eigenvalue weighted by atomic mass is 35.5. The van der Waals surface area contributed by atoms with Gasteiger partial charge in [-0.05, 0) is 26.1 Å². The summed E-state index contributed by atoms with van der Waals surface area (Å²) in [6.45, 7) is 4.78. The number of allylic oxidation sites excluding steroid dienone is 1. The van der Waals surface area contributed by atoms with Crippen LogP contribution in [-0.4, -0.2) is 76.5 Å². The lowest BCUT2D eigenvalue weighted by Crippen LogP contribution is -2.48. The van der Waals surface area contributed by atoms with E-state index in [0.717, 1.165) is 13.1 Å². The highest BCUT2D eigenvalue weighted by molar-refractivity contribution is 6.30. The average Bonchev–Trinajstić information content (AvgIpc) is 3.10. The Bertz CT molecular complexity index is 1010. The van der Waals surface area contributed by atoms with E-state index in [9.17, 15) is 14.4 Å². The minimum atomic E-state index is -1.03. The van der Waals surface area contributed by atoms with Crippen molar-refractivity contribution in [1.29, 1.82) is 0 Å². The number of carbonyl (C=O) groups excluding carboxylic acids is 3. The zero-order chi connectivity index (χ0) is 23.8. The van der Waals surface area contributed by atoms with Gasteiger partial charge in [-0.25, -0.2) is 19.7 Å². The number of carbonyl (C=O) groups is 3. The van der Waals surface area contributed by atoms with Crippen LogP contribution in [0.15, 0.2) is 43.1 Å². The average molecular weight is 475 g/mol. The van der Waals surface area contributed by atoms with E-state index < -0.39 is 18.2 Å². The first-order valence-electron chi connectivity index (χ1n) is 10.1. The molecule has 0 aliphatic carbocycles. The summed E-state index contributed by atoms with van der Waals surface area (Å²) in [6.07, 6.45) is 5.73. The maximum atomic E-state index is 12.8. The minimum absolute atomic E-state index is 0.144. The van der Waals surface area contributed by atoms with Gasteiger partial charge < -0.3 is 19.3 Å². The molecule has 174 valence electrons. The largest absolute Gasteiger partial charge is 0.437 e. The Hall–Kier alpha value is -3.57. The van der Waals surface area contributed by atoms with Crippen LogP contribution in [0.5, 0.6) is 0 Å². The molecule has 33 heavy (non-hydrogen) atoms. The summed E-state index contributed by atoms with van der Waals surface area (Å²) in [6, 6.07) is 3.20. The minimum Gasteiger partial charge on any atom is -0.437 e. The molecule has 4 rings (SSSR count). The maximum absolute atomic E-state index is 12.8. The van der Waals surface area contributed by atoms with Crippen molar-refractivity contribution in [2.24, 2.45) is 0 Å². The summed E-state index contributed by atoms with van der Waals surface area (Å²) in [5.41, 5.74) is 0.437. The van der Waals surface area contributed by atoms with Gasteiger partial charge >= 0.3 is 6.09 Å². The number of amides is 2. The lowest BCUT2D eigenvalue weighted by Gasteiger charge is -2.33. The summed E-state index contributed by atoms with van der Waals surface area (Å²) in [5.74, 6) is -0.121. The number of nitrogens with zero attached hydrogens (tertiary/aromatic N) is 6. The molecule has 2 amide bonds. The van der Waals surface area contributed by atoms with Gasteiger partial charge in [0.25, 0.3) is 12.4 Å². The number of likely N-dealkylation sites (N-methyl/N-ethyl adjacent to an activating group) is 1. The van der Waals surface area contributed by atoms with Gasteiger partial charge in [0, 0.05) is 44.8 Å². The highest BCUT2D eigenvalue weighted by Gasteiger charge is 2.44. The monoisotopic (exact) mass is 474 g/mol. The fourth-order valence-corrected chi connectivity index (χ4v) is 3.26. The van der Waals surface area contributed by atoms with Crippen molar-refractivity contribution in [3.8, 4) is 0 Å².